The highest BCUT2D eigenvalue weighted by atomic mass is 16.3. The predicted molar refractivity (Wildman–Crippen MR) is 116 cm³/mol. The maximum atomic E-state index is 11.7. The topological polar surface area (TPSA) is 81.9 Å². The van der Waals surface area contributed by atoms with E-state index in [1.54, 1.807) is 0 Å². The summed E-state index contributed by atoms with van der Waals surface area (Å²) in [5, 5.41) is 22.7. The van der Waals surface area contributed by atoms with Gasteiger partial charge in [-0.2, -0.15) is 5.10 Å². The predicted octanol–water partition coefficient (Wildman–Crippen LogP) is 6.03. The number of nitrogens with one attached hydrogen (secondary N) is 1. The zero-order valence-electron chi connectivity index (χ0n) is 17.5. The van der Waals surface area contributed by atoms with Crippen LogP contribution in [0.2, 0.25) is 0 Å². The lowest BCUT2D eigenvalue weighted by Gasteiger charge is -2.03. The summed E-state index contributed by atoms with van der Waals surface area (Å²) in [4.78, 5) is 11.7. The van der Waals surface area contributed by atoms with Gasteiger partial charge in [-0.15, -0.1) is 0 Å². The number of benzene rings is 1. The van der Waals surface area contributed by atoms with E-state index >= 15 is 0 Å². The number of rotatable bonds is 16. The number of carbonyl (C=O) groups is 1. The molecule has 1 rings (SSSR count). The van der Waals surface area contributed by atoms with E-state index in [1.165, 1.54) is 95.0 Å². The van der Waals surface area contributed by atoms with Crippen molar-refractivity contribution in [3.8, 4) is 11.5 Å². The lowest BCUT2D eigenvalue weighted by atomic mass is 10.0. The molecule has 0 unspecified atom stereocenters. The number of phenols is 2. The molecule has 0 saturated carbocycles. The summed E-state index contributed by atoms with van der Waals surface area (Å²) in [5.74, 6) is -0.201. The lowest BCUT2D eigenvalue weighted by molar-refractivity contribution is -0.121. The monoisotopic (exact) mass is 390 g/mol. The SMILES string of the molecule is CCCCCCCCCCCCCCCC(=O)N/N=C\c1ccc(O)cc1O. The largest absolute Gasteiger partial charge is 0.508 e. The van der Waals surface area contributed by atoms with Crippen molar-refractivity contribution >= 4 is 12.1 Å². The Morgan fingerprint density at radius 3 is 1.96 bits per heavy atom. The van der Waals surface area contributed by atoms with E-state index in [0.29, 0.717) is 12.0 Å². The fraction of sp³-hybridized carbons (Fsp3) is 0.652. The molecular formula is C23H38N2O3. The van der Waals surface area contributed by atoms with Crippen LogP contribution in [0.15, 0.2) is 23.3 Å². The first-order valence-electron chi connectivity index (χ1n) is 11.0. The molecule has 0 aromatic heterocycles. The third-order valence-electron chi connectivity index (χ3n) is 4.91. The molecule has 28 heavy (non-hydrogen) atoms. The van der Waals surface area contributed by atoms with E-state index in [2.05, 4.69) is 17.5 Å². The van der Waals surface area contributed by atoms with E-state index in [9.17, 15) is 15.0 Å². The van der Waals surface area contributed by atoms with Gasteiger partial charge in [0.1, 0.15) is 11.5 Å². The Bertz CT molecular complexity index is 573. The van der Waals surface area contributed by atoms with Gasteiger partial charge in [-0.1, -0.05) is 84.0 Å². The van der Waals surface area contributed by atoms with Crippen molar-refractivity contribution in [2.24, 2.45) is 5.10 Å². The van der Waals surface area contributed by atoms with Crippen LogP contribution in [-0.2, 0) is 4.79 Å². The summed E-state index contributed by atoms with van der Waals surface area (Å²) in [6.45, 7) is 2.26. The van der Waals surface area contributed by atoms with Gasteiger partial charge in [0.15, 0.2) is 0 Å². The number of hydrogen-bond donors (Lipinski definition) is 3. The van der Waals surface area contributed by atoms with Crippen LogP contribution in [0.1, 0.15) is 102 Å². The number of aromatic hydroxyl groups is 2. The van der Waals surface area contributed by atoms with Gasteiger partial charge >= 0.3 is 0 Å². The fourth-order valence-electron chi connectivity index (χ4n) is 3.17. The zero-order chi connectivity index (χ0) is 20.5. The molecular weight excluding hydrogens is 352 g/mol. The maximum Gasteiger partial charge on any atom is 0.240 e. The van der Waals surface area contributed by atoms with Gasteiger partial charge in [0.2, 0.25) is 5.91 Å². The van der Waals surface area contributed by atoms with Crippen LogP contribution in [-0.4, -0.2) is 22.3 Å². The summed E-state index contributed by atoms with van der Waals surface area (Å²) in [7, 11) is 0. The fourth-order valence-corrected chi connectivity index (χ4v) is 3.17. The molecule has 1 aromatic carbocycles. The van der Waals surface area contributed by atoms with Gasteiger partial charge < -0.3 is 10.2 Å². The summed E-state index contributed by atoms with van der Waals surface area (Å²) < 4.78 is 0. The Kier molecular flexibility index (Phi) is 13.7. The van der Waals surface area contributed by atoms with Gasteiger partial charge in [-0.25, -0.2) is 5.43 Å². The van der Waals surface area contributed by atoms with E-state index in [0.717, 1.165) is 12.8 Å². The minimum atomic E-state index is -0.113. The third kappa shape index (κ3) is 12.4. The number of carbonyl (C=O) groups excluding carboxylic acids is 1. The summed E-state index contributed by atoms with van der Waals surface area (Å²) in [5.41, 5.74) is 2.92. The van der Waals surface area contributed by atoms with Crippen molar-refractivity contribution in [2.75, 3.05) is 0 Å². The summed E-state index contributed by atoms with van der Waals surface area (Å²) in [6, 6.07) is 4.22. The minimum Gasteiger partial charge on any atom is -0.508 e. The molecule has 0 spiro atoms. The van der Waals surface area contributed by atoms with Crippen LogP contribution >= 0.6 is 0 Å². The van der Waals surface area contributed by atoms with Crippen LogP contribution in [0, 0.1) is 0 Å². The van der Waals surface area contributed by atoms with Crippen molar-refractivity contribution in [2.45, 2.75) is 96.8 Å². The highest BCUT2D eigenvalue weighted by Crippen LogP contribution is 2.20. The molecule has 3 N–H and O–H groups in total. The molecule has 158 valence electrons. The van der Waals surface area contributed by atoms with Crippen molar-refractivity contribution < 1.29 is 15.0 Å². The molecule has 0 atom stereocenters. The van der Waals surface area contributed by atoms with Gasteiger partial charge in [0.25, 0.3) is 0 Å². The van der Waals surface area contributed by atoms with Gasteiger partial charge in [-0.3, -0.25) is 4.79 Å². The second-order valence-electron chi connectivity index (χ2n) is 7.53. The van der Waals surface area contributed by atoms with Crippen molar-refractivity contribution in [1.82, 2.24) is 5.43 Å². The van der Waals surface area contributed by atoms with Gasteiger partial charge in [-0.05, 0) is 18.6 Å². The average molecular weight is 391 g/mol. The van der Waals surface area contributed by atoms with Crippen LogP contribution < -0.4 is 5.43 Å². The highest BCUT2D eigenvalue weighted by molar-refractivity contribution is 5.85. The molecule has 1 aromatic rings. The first-order valence-corrected chi connectivity index (χ1v) is 11.0. The van der Waals surface area contributed by atoms with Crippen LogP contribution in [0.3, 0.4) is 0 Å². The maximum absolute atomic E-state index is 11.7. The molecule has 0 saturated heterocycles. The van der Waals surface area contributed by atoms with E-state index in [1.807, 2.05) is 0 Å². The lowest BCUT2D eigenvalue weighted by Crippen LogP contribution is -2.16. The number of nitrogens with zero attached hydrogens (tertiary/aromatic N) is 1. The quantitative estimate of drug-likeness (QED) is 0.183. The smallest absolute Gasteiger partial charge is 0.240 e. The first-order chi connectivity index (χ1) is 13.6. The third-order valence-corrected chi connectivity index (χ3v) is 4.91. The normalized spacial score (nSPS) is 11.2. The summed E-state index contributed by atoms with van der Waals surface area (Å²) >= 11 is 0. The highest BCUT2D eigenvalue weighted by Gasteiger charge is 2.01. The number of amides is 1. The molecule has 1 amide bonds. The Balaban J connectivity index is 1.93. The number of hydrazone groups is 1. The molecule has 0 heterocycles. The molecule has 0 aliphatic carbocycles. The Morgan fingerprint density at radius 1 is 0.893 bits per heavy atom. The van der Waals surface area contributed by atoms with Gasteiger partial charge in [0.05, 0.1) is 6.21 Å². The molecule has 0 bridgehead atoms. The van der Waals surface area contributed by atoms with Gasteiger partial charge in [0, 0.05) is 18.1 Å². The summed E-state index contributed by atoms with van der Waals surface area (Å²) in [6.07, 6.45) is 18.5. The minimum absolute atomic E-state index is 0.0129. The number of phenolic OH excluding ortho intramolecular Hbond substituents is 2. The molecule has 0 aliphatic heterocycles. The van der Waals surface area contributed by atoms with Crippen molar-refractivity contribution in [3.05, 3.63) is 23.8 Å². The Morgan fingerprint density at radius 2 is 1.43 bits per heavy atom. The Hall–Kier alpha value is -2.04. The molecule has 0 aliphatic rings. The van der Waals surface area contributed by atoms with Crippen LogP contribution in [0.5, 0.6) is 11.5 Å². The van der Waals surface area contributed by atoms with E-state index < -0.39 is 0 Å². The van der Waals surface area contributed by atoms with E-state index in [4.69, 9.17) is 0 Å². The second-order valence-corrected chi connectivity index (χ2v) is 7.53. The average Bonchev–Trinajstić information content (AvgIpc) is 2.67. The molecule has 0 fully saturated rings. The van der Waals surface area contributed by atoms with Crippen molar-refractivity contribution in [1.29, 1.82) is 0 Å². The number of hydrogen-bond acceptors (Lipinski definition) is 4. The Labute approximate surface area is 170 Å². The number of unbranched alkanes of at least 4 members (excludes halogenated alkanes) is 12. The molecule has 5 nitrogen and oxygen atoms in total. The van der Waals surface area contributed by atoms with Crippen molar-refractivity contribution in [3.63, 3.8) is 0 Å². The van der Waals surface area contributed by atoms with Crippen LogP contribution in [0.4, 0.5) is 0 Å². The van der Waals surface area contributed by atoms with Crippen LogP contribution in [0.25, 0.3) is 0 Å². The first kappa shape index (κ1) is 24.0. The second kappa shape index (κ2) is 16.0. The standard InChI is InChI=1S/C23H38N2O3/c1-2-3-4-5-6-7-8-9-10-11-12-13-14-15-23(28)25-24-19-20-16-17-21(26)18-22(20)27/h16-19,26-27H,2-15H2,1H3,(H,25,28)/b24-19-. The zero-order valence-corrected chi connectivity index (χ0v) is 17.5. The molecule has 5 heteroatoms. The van der Waals surface area contributed by atoms with E-state index in [-0.39, 0.29) is 17.4 Å². The molecule has 0 radical (unpaired) electrons.